The number of rotatable bonds is 7. The zero-order valence-corrected chi connectivity index (χ0v) is 20.1. The maximum Gasteiger partial charge on any atom is 0.261 e. The van der Waals surface area contributed by atoms with E-state index in [-0.39, 0.29) is 17.1 Å². The zero-order chi connectivity index (χ0) is 21.8. The highest BCUT2D eigenvalue weighted by molar-refractivity contribution is 6.99. The molecular formula is C26H36O3Si. The second-order valence-corrected chi connectivity index (χ2v) is 13.9. The number of hydrogen-bond acceptors (Lipinski definition) is 3. The van der Waals surface area contributed by atoms with E-state index in [0.717, 1.165) is 6.42 Å². The van der Waals surface area contributed by atoms with E-state index in [2.05, 4.69) is 88.0 Å². The monoisotopic (exact) mass is 424 g/mol. The Hall–Kier alpha value is -1.72. The fraction of sp³-hybridized carbons (Fsp3) is 0.462. The van der Waals surface area contributed by atoms with E-state index in [1.807, 2.05) is 19.9 Å². The third-order valence-corrected chi connectivity index (χ3v) is 10.9. The van der Waals surface area contributed by atoms with Crippen molar-refractivity contribution in [3.8, 4) is 0 Å². The molecule has 3 nitrogen and oxygen atoms in total. The minimum Gasteiger partial charge on any atom is -0.407 e. The summed E-state index contributed by atoms with van der Waals surface area (Å²) in [4.78, 5) is 0. The molecule has 0 unspecified atom stereocenters. The molecule has 162 valence electrons. The van der Waals surface area contributed by atoms with Gasteiger partial charge in [0.25, 0.3) is 8.32 Å². The lowest BCUT2D eigenvalue weighted by Gasteiger charge is -2.46. The van der Waals surface area contributed by atoms with Crippen LogP contribution in [0.2, 0.25) is 5.04 Å². The maximum atomic E-state index is 7.10. The topological polar surface area (TPSA) is 27.7 Å². The van der Waals surface area contributed by atoms with Gasteiger partial charge in [0.2, 0.25) is 0 Å². The summed E-state index contributed by atoms with van der Waals surface area (Å²) in [6, 6.07) is 21.5. The fourth-order valence-corrected chi connectivity index (χ4v) is 9.08. The first-order valence-corrected chi connectivity index (χ1v) is 12.8. The smallest absolute Gasteiger partial charge is 0.261 e. The largest absolute Gasteiger partial charge is 0.407 e. The minimum absolute atomic E-state index is 0.0424. The highest BCUT2D eigenvalue weighted by atomic mass is 28.4. The summed E-state index contributed by atoms with van der Waals surface area (Å²) in [6.45, 7) is 16.0. The summed E-state index contributed by atoms with van der Waals surface area (Å²) in [6.07, 6.45) is 2.77. The normalized spacial score (nSPS) is 21.9. The molecule has 0 bridgehead atoms. The summed E-state index contributed by atoms with van der Waals surface area (Å²) in [5, 5.41) is 2.54. The summed E-state index contributed by atoms with van der Waals surface area (Å²) >= 11 is 0. The molecule has 0 saturated carbocycles. The molecule has 0 N–H and O–H groups in total. The molecule has 0 amide bonds. The van der Waals surface area contributed by atoms with E-state index in [9.17, 15) is 0 Å². The van der Waals surface area contributed by atoms with Crippen LogP contribution >= 0.6 is 0 Å². The Bertz CT molecular complexity index is 772. The molecule has 1 saturated heterocycles. The Labute approximate surface area is 183 Å². The van der Waals surface area contributed by atoms with Gasteiger partial charge in [0.15, 0.2) is 5.79 Å². The number of ether oxygens (including phenoxy) is 2. The van der Waals surface area contributed by atoms with Crippen LogP contribution in [0.3, 0.4) is 0 Å². The highest BCUT2D eigenvalue weighted by Gasteiger charge is 2.51. The van der Waals surface area contributed by atoms with Gasteiger partial charge in [-0.25, -0.2) is 0 Å². The standard InChI is InChI=1S/C26H36O3Si/c1-7-14-24-21(19-27-26(5,6)29-24)20-28-30(25(2,3)4,22-15-10-8-11-16-22)23-17-12-9-13-18-23/h7-13,15-18,21,24H,1,14,19-20H2,2-6H3/t21-,24+/m0/s1. The first-order chi connectivity index (χ1) is 14.2. The van der Waals surface area contributed by atoms with Gasteiger partial charge in [-0.2, -0.15) is 0 Å². The molecule has 30 heavy (non-hydrogen) atoms. The lowest BCUT2D eigenvalue weighted by Crippen LogP contribution is -2.67. The van der Waals surface area contributed by atoms with E-state index in [4.69, 9.17) is 13.9 Å². The molecule has 2 atom stereocenters. The van der Waals surface area contributed by atoms with Gasteiger partial charge in [-0.3, -0.25) is 0 Å². The molecule has 4 heteroatoms. The van der Waals surface area contributed by atoms with Crippen molar-refractivity contribution in [2.24, 2.45) is 5.92 Å². The second kappa shape index (κ2) is 9.19. The maximum absolute atomic E-state index is 7.10. The van der Waals surface area contributed by atoms with Crippen LogP contribution in [-0.4, -0.2) is 33.4 Å². The van der Waals surface area contributed by atoms with E-state index in [1.54, 1.807) is 0 Å². The van der Waals surface area contributed by atoms with Gasteiger partial charge in [0.1, 0.15) is 0 Å². The first-order valence-electron chi connectivity index (χ1n) is 10.9. The third-order valence-electron chi connectivity index (χ3n) is 5.94. The van der Waals surface area contributed by atoms with Crippen LogP contribution in [0, 0.1) is 5.92 Å². The van der Waals surface area contributed by atoms with Gasteiger partial charge >= 0.3 is 0 Å². The van der Waals surface area contributed by atoms with Crippen LogP contribution in [0.5, 0.6) is 0 Å². The van der Waals surface area contributed by atoms with Crippen LogP contribution < -0.4 is 10.4 Å². The molecule has 2 aromatic carbocycles. The second-order valence-electron chi connectivity index (χ2n) is 9.63. The predicted octanol–water partition coefficient (Wildman–Crippen LogP) is 4.91. The Morgan fingerprint density at radius 1 is 1.03 bits per heavy atom. The van der Waals surface area contributed by atoms with E-state index < -0.39 is 14.1 Å². The van der Waals surface area contributed by atoms with Crippen molar-refractivity contribution in [3.63, 3.8) is 0 Å². The molecule has 0 spiro atoms. The number of hydrogen-bond donors (Lipinski definition) is 0. The highest BCUT2D eigenvalue weighted by Crippen LogP contribution is 2.38. The molecule has 1 fully saturated rings. The van der Waals surface area contributed by atoms with Crippen molar-refractivity contribution in [1.82, 2.24) is 0 Å². The first kappa shape index (κ1) is 23.0. The van der Waals surface area contributed by atoms with Crippen molar-refractivity contribution in [2.45, 2.75) is 58.0 Å². The average Bonchev–Trinajstić information content (AvgIpc) is 2.70. The lowest BCUT2D eigenvalue weighted by atomic mass is 9.99. The van der Waals surface area contributed by atoms with Crippen LogP contribution in [0.15, 0.2) is 73.3 Å². The molecular weight excluding hydrogens is 388 g/mol. The van der Waals surface area contributed by atoms with Gasteiger partial charge < -0.3 is 13.9 Å². The summed E-state index contributed by atoms with van der Waals surface area (Å²) in [7, 11) is -2.56. The van der Waals surface area contributed by atoms with E-state index in [0.29, 0.717) is 13.2 Å². The molecule has 1 aliphatic rings. The Morgan fingerprint density at radius 3 is 2.03 bits per heavy atom. The predicted molar refractivity (Wildman–Crippen MR) is 127 cm³/mol. The van der Waals surface area contributed by atoms with E-state index in [1.165, 1.54) is 10.4 Å². The van der Waals surface area contributed by atoms with Crippen molar-refractivity contribution in [3.05, 3.63) is 73.3 Å². The van der Waals surface area contributed by atoms with Gasteiger partial charge in [-0.1, -0.05) is 87.5 Å². The van der Waals surface area contributed by atoms with Crippen LogP contribution in [0.1, 0.15) is 41.0 Å². The Morgan fingerprint density at radius 2 is 1.57 bits per heavy atom. The quantitative estimate of drug-likeness (QED) is 0.467. The van der Waals surface area contributed by atoms with Crippen molar-refractivity contribution >= 4 is 18.7 Å². The van der Waals surface area contributed by atoms with Gasteiger partial charge in [0.05, 0.1) is 12.7 Å². The molecule has 0 aromatic heterocycles. The molecule has 3 rings (SSSR count). The number of benzene rings is 2. The minimum atomic E-state index is -2.56. The van der Waals surface area contributed by atoms with Crippen molar-refractivity contribution < 1.29 is 13.9 Å². The lowest BCUT2D eigenvalue weighted by molar-refractivity contribution is -0.294. The molecule has 0 aliphatic carbocycles. The molecule has 0 radical (unpaired) electrons. The van der Waals surface area contributed by atoms with Crippen LogP contribution in [0.25, 0.3) is 0 Å². The van der Waals surface area contributed by atoms with Gasteiger partial charge in [-0.15, -0.1) is 6.58 Å². The summed E-state index contributed by atoms with van der Waals surface area (Å²) < 4.78 is 19.3. The molecule has 1 heterocycles. The molecule has 1 aliphatic heterocycles. The Kier molecular flexibility index (Phi) is 7.03. The van der Waals surface area contributed by atoms with Crippen molar-refractivity contribution in [2.75, 3.05) is 13.2 Å². The third kappa shape index (κ3) is 4.78. The summed E-state index contributed by atoms with van der Waals surface area (Å²) in [5.74, 6) is -0.403. The average molecular weight is 425 g/mol. The zero-order valence-electron chi connectivity index (χ0n) is 19.1. The van der Waals surface area contributed by atoms with E-state index >= 15 is 0 Å². The van der Waals surface area contributed by atoms with Crippen LogP contribution in [0.4, 0.5) is 0 Å². The van der Waals surface area contributed by atoms with Gasteiger partial charge in [-0.05, 0) is 35.7 Å². The molecule has 2 aromatic rings. The van der Waals surface area contributed by atoms with Crippen LogP contribution in [-0.2, 0) is 13.9 Å². The Balaban J connectivity index is 1.98. The van der Waals surface area contributed by atoms with Crippen molar-refractivity contribution in [1.29, 1.82) is 0 Å². The summed E-state index contributed by atoms with van der Waals surface area (Å²) in [5.41, 5.74) is 0. The fourth-order valence-electron chi connectivity index (χ4n) is 4.46. The SMILES string of the molecule is C=CC[C@H]1OC(C)(C)OC[C@H]1CO[Si](c1ccccc1)(c1ccccc1)C(C)(C)C. The van der Waals surface area contributed by atoms with Gasteiger partial charge in [0, 0.05) is 12.5 Å².